The molecule has 0 unspecified atom stereocenters. The van der Waals surface area contributed by atoms with Crippen molar-refractivity contribution in [3.05, 3.63) is 59.7 Å². The summed E-state index contributed by atoms with van der Waals surface area (Å²) < 4.78 is 0. The molecule has 0 aliphatic carbocycles. The molecule has 2 aromatic rings. The zero-order valence-electron chi connectivity index (χ0n) is 16.9. The third kappa shape index (κ3) is 5.89. The Morgan fingerprint density at radius 3 is 2.38 bits per heavy atom. The summed E-state index contributed by atoms with van der Waals surface area (Å²) in [6, 6.07) is 15.0. The van der Waals surface area contributed by atoms with Gasteiger partial charge >= 0.3 is 0 Å². The summed E-state index contributed by atoms with van der Waals surface area (Å²) in [6.45, 7) is 4.65. The number of Topliss-reactive ketones (excluding diaryl/α,β-unsaturated/α-hetero) is 1. The van der Waals surface area contributed by atoms with Crippen LogP contribution in [-0.4, -0.2) is 47.9 Å². The van der Waals surface area contributed by atoms with Gasteiger partial charge < -0.3 is 15.7 Å². The van der Waals surface area contributed by atoms with E-state index in [1.54, 1.807) is 24.3 Å². The lowest BCUT2D eigenvalue weighted by molar-refractivity contribution is -0.114. The molecule has 1 aliphatic heterocycles. The SMILES string of the molecule is CC(=O)c1ccccc1NC(=O)CNc1ccccc1CN1CCC(CO)CC1. The minimum Gasteiger partial charge on any atom is -0.396 e. The number of likely N-dealkylation sites (tertiary alicyclic amines) is 1. The van der Waals surface area contributed by atoms with Gasteiger partial charge in [0.15, 0.2) is 5.78 Å². The molecule has 0 aromatic heterocycles. The van der Waals surface area contributed by atoms with Crippen LogP contribution >= 0.6 is 0 Å². The fourth-order valence-electron chi connectivity index (χ4n) is 3.67. The number of aliphatic hydroxyl groups is 1. The number of carbonyl (C=O) groups is 2. The van der Waals surface area contributed by atoms with Gasteiger partial charge in [-0.1, -0.05) is 30.3 Å². The van der Waals surface area contributed by atoms with Crippen molar-refractivity contribution in [1.82, 2.24) is 4.90 Å². The predicted molar refractivity (Wildman–Crippen MR) is 115 cm³/mol. The summed E-state index contributed by atoms with van der Waals surface area (Å²) >= 11 is 0. The molecule has 1 amide bonds. The highest BCUT2D eigenvalue weighted by molar-refractivity contribution is 6.04. The first-order valence-electron chi connectivity index (χ1n) is 10.1. The maximum absolute atomic E-state index is 12.4. The van der Waals surface area contributed by atoms with Gasteiger partial charge in [0.2, 0.25) is 5.91 Å². The Hall–Kier alpha value is -2.70. The highest BCUT2D eigenvalue weighted by atomic mass is 16.3. The minimum atomic E-state index is -0.197. The van der Waals surface area contributed by atoms with E-state index in [1.807, 2.05) is 18.2 Å². The van der Waals surface area contributed by atoms with Crippen molar-refractivity contribution in [2.24, 2.45) is 5.92 Å². The molecular weight excluding hydrogens is 366 g/mol. The molecule has 6 heteroatoms. The first kappa shape index (κ1) is 21.0. The van der Waals surface area contributed by atoms with E-state index in [4.69, 9.17) is 0 Å². The number of anilines is 2. The second kappa shape index (κ2) is 10.2. The predicted octanol–water partition coefficient (Wildman–Crippen LogP) is 3.14. The molecule has 0 bridgehead atoms. The number of nitrogens with one attached hydrogen (secondary N) is 2. The smallest absolute Gasteiger partial charge is 0.243 e. The number of piperidine rings is 1. The Balaban J connectivity index is 1.57. The molecule has 0 atom stereocenters. The molecule has 1 fully saturated rings. The molecule has 0 radical (unpaired) electrons. The van der Waals surface area contributed by atoms with E-state index in [2.05, 4.69) is 21.6 Å². The third-order valence-corrected chi connectivity index (χ3v) is 5.40. The quantitative estimate of drug-likeness (QED) is 0.598. The number of amides is 1. The molecule has 29 heavy (non-hydrogen) atoms. The second-order valence-corrected chi connectivity index (χ2v) is 7.56. The van der Waals surface area contributed by atoms with E-state index in [1.165, 1.54) is 6.92 Å². The van der Waals surface area contributed by atoms with Crippen molar-refractivity contribution in [2.45, 2.75) is 26.3 Å². The van der Waals surface area contributed by atoms with Crippen molar-refractivity contribution in [1.29, 1.82) is 0 Å². The summed E-state index contributed by atoms with van der Waals surface area (Å²) in [5, 5.41) is 15.3. The zero-order valence-corrected chi connectivity index (χ0v) is 16.9. The van der Waals surface area contributed by atoms with E-state index < -0.39 is 0 Å². The molecule has 1 heterocycles. The molecular formula is C23H29N3O3. The van der Waals surface area contributed by atoms with Crippen LogP contribution in [0.2, 0.25) is 0 Å². The number of benzene rings is 2. The fourth-order valence-corrected chi connectivity index (χ4v) is 3.67. The molecule has 0 spiro atoms. The van der Waals surface area contributed by atoms with Crippen LogP contribution in [0.15, 0.2) is 48.5 Å². The summed E-state index contributed by atoms with van der Waals surface area (Å²) in [6.07, 6.45) is 2.04. The maximum atomic E-state index is 12.4. The van der Waals surface area contributed by atoms with Gasteiger partial charge in [-0.05, 0) is 62.5 Å². The van der Waals surface area contributed by atoms with Crippen molar-refractivity contribution >= 4 is 23.1 Å². The number of hydrogen-bond acceptors (Lipinski definition) is 5. The molecule has 3 rings (SSSR count). The second-order valence-electron chi connectivity index (χ2n) is 7.56. The van der Waals surface area contributed by atoms with Crippen LogP contribution in [0.5, 0.6) is 0 Å². The van der Waals surface area contributed by atoms with Gasteiger partial charge in [-0.2, -0.15) is 0 Å². The van der Waals surface area contributed by atoms with Crippen molar-refractivity contribution in [3.8, 4) is 0 Å². The summed E-state index contributed by atoms with van der Waals surface area (Å²) in [5.74, 6) is 0.141. The van der Waals surface area contributed by atoms with Crippen molar-refractivity contribution in [3.63, 3.8) is 0 Å². The average Bonchev–Trinajstić information content (AvgIpc) is 2.74. The number of rotatable bonds is 8. The van der Waals surface area contributed by atoms with E-state index >= 15 is 0 Å². The summed E-state index contributed by atoms with van der Waals surface area (Å²) in [4.78, 5) is 26.5. The third-order valence-electron chi connectivity index (χ3n) is 5.40. The normalized spacial score (nSPS) is 15.1. The fraction of sp³-hybridized carbons (Fsp3) is 0.391. The first-order chi connectivity index (χ1) is 14.1. The number of nitrogens with zero attached hydrogens (tertiary/aromatic N) is 1. The van der Waals surface area contributed by atoms with Crippen molar-refractivity contribution in [2.75, 3.05) is 36.9 Å². The summed E-state index contributed by atoms with van der Waals surface area (Å²) in [7, 11) is 0. The highest BCUT2D eigenvalue weighted by Gasteiger charge is 2.19. The Morgan fingerprint density at radius 2 is 1.69 bits per heavy atom. The highest BCUT2D eigenvalue weighted by Crippen LogP contribution is 2.22. The van der Waals surface area contributed by atoms with Crippen LogP contribution in [0.25, 0.3) is 0 Å². The monoisotopic (exact) mass is 395 g/mol. The van der Waals surface area contributed by atoms with Gasteiger partial charge in [-0.25, -0.2) is 0 Å². The lowest BCUT2D eigenvalue weighted by atomic mass is 9.97. The van der Waals surface area contributed by atoms with Crippen LogP contribution in [0, 0.1) is 5.92 Å². The number of hydrogen-bond donors (Lipinski definition) is 3. The van der Waals surface area contributed by atoms with E-state index in [0.717, 1.165) is 43.7 Å². The Morgan fingerprint density at radius 1 is 1.03 bits per heavy atom. The van der Waals surface area contributed by atoms with Gasteiger partial charge in [0.1, 0.15) is 0 Å². The van der Waals surface area contributed by atoms with Crippen LogP contribution in [0.4, 0.5) is 11.4 Å². The molecule has 3 N–H and O–H groups in total. The number of para-hydroxylation sites is 2. The number of aliphatic hydroxyl groups excluding tert-OH is 1. The molecule has 2 aromatic carbocycles. The molecule has 1 aliphatic rings. The maximum Gasteiger partial charge on any atom is 0.243 e. The topological polar surface area (TPSA) is 81.7 Å². The molecule has 0 saturated carbocycles. The van der Waals surface area contributed by atoms with E-state index in [0.29, 0.717) is 17.2 Å². The Bertz CT molecular complexity index is 845. The van der Waals surface area contributed by atoms with Crippen LogP contribution in [0.1, 0.15) is 35.7 Å². The molecule has 154 valence electrons. The number of carbonyl (C=O) groups excluding carboxylic acids is 2. The van der Waals surface area contributed by atoms with Gasteiger partial charge in [-0.3, -0.25) is 14.5 Å². The van der Waals surface area contributed by atoms with E-state index in [9.17, 15) is 14.7 Å². The first-order valence-corrected chi connectivity index (χ1v) is 10.1. The summed E-state index contributed by atoms with van der Waals surface area (Å²) in [5.41, 5.74) is 3.12. The molecule has 1 saturated heterocycles. The largest absolute Gasteiger partial charge is 0.396 e. The lowest BCUT2D eigenvalue weighted by Crippen LogP contribution is -2.34. The Kier molecular flexibility index (Phi) is 7.38. The van der Waals surface area contributed by atoms with Gasteiger partial charge in [-0.15, -0.1) is 0 Å². The standard InChI is InChI=1S/C23H29N3O3/c1-17(28)20-7-3-5-9-22(20)25-23(29)14-24-21-8-4-2-6-19(21)15-26-12-10-18(16-27)11-13-26/h2-9,18,24,27H,10-16H2,1H3,(H,25,29). The Labute approximate surface area is 171 Å². The zero-order chi connectivity index (χ0) is 20.6. The van der Waals surface area contributed by atoms with Crippen molar-refractivity contribution < 1.29 is 14.7 Å². The van der Waals surface area contributed by atoms with Crippen LogP contribution in [-0.2, 0) is 11.3 Å². The van der Waals surface area contributed by atoms with Crippen LogP contribution in [0.3, 0.4) is 0 Å². The van der Waals surface area contributed by atoms with Gasteiger partial charge in [0, 0.05) is 24.4 Å². The average molecular weight is 396 g/mol. The van der Waals surface area contributed by atoms with Gasteiger partial charge in [0.05, 0.1) is 12.2 Å². The minimum absolute atomic E-state index is 0.0795. The lowest BCUT2D eigenvalue weighted by Gasteiger charge is -2.31. The number of ketones is 1. The van der Waals surface area contributed by atoms with Crippen LogP contribution < -0.4 is 10.6 Å². The van der Waals surface area contributed by atoms with Gasteiger partial charge in [0.25, 0.3) is 0 Å². The van der Waals surface area contributed by atoms with E-state index in [-0.39, 0.29) is 24.8 Å². The molecule has 6 nitrogen and oxygen atoms in total.